The Bertz CT molecular complexity index is 678. The minimum absolute atomic E-state index is 0.0535. The molecule has 0 saturated carbocycles. The Morgan fingerprint density at radius 2 is 1.83 bits per heavy atom. The van der Waals surface area contributed by atoms with Crippen LogP contribution in [0.4, 0.5) is 11.4 Å². The highest BCUT2D eigenvalue weighted by molar-refractivity contribution is 6.05. The lowest BCUT2D eigenvalue weighted by molar-refractivity contribution is 0.102. The molecule has 2 aromatic carbocycles. The maximum absolute atomic E-state index is 12.4. The Balaban J connectivity index is 1.70. The van der Waals surface area contributed by atoms with Crippen LogP contribution in [-0.2, 0) is 0 Å². The van der Waals surface area contributed by atoms with Crippen LogP contribution in [0.15, 0.2) is 48.5 Å². The second kappa shape index (κ2) is 6.86. The van der Waals surface area contributed by atoms with Crippen molar-refractivity contribution in [1.82, 2.24) is 0 Å². The number of amides is 1. The molecular formula is C20H24N2O. The largest absolute Gasteiger partial charge is 0.369 e. The Kier molecular flexibility index (Phi) is 4.65. The van der Waals surface area contributed by atoms with Gasteiger partial charge in [-0.1, -0.05) is 18.2 Å². The van der Waals surface area contributed by atoms with Gasteiger partial charge in [0.1, 0.15) is 0 Å². The van der Waals surface area contributed by atoms with Crippen molar-refractivity contribution in [2.24, 2.45) is 0 Å². The minimum atomic E-state index is -0.0535. The quantitative estimate of drug-likeness (QED) is 0.897. The zero-order chi connectivity index (χ0) is 16.2. The first-order valence-electron chi connectivity index (χ1n) is 8.39. The molecule has 1 aliphatic rings. The molecular weight excluding hydrogens is 284 g/mol. The van der Waals surface area contributed by atoms with Crippen molar-refractivity contribution >= 4 is 17.3 Å². The Hall–Kier alpha value is -2.29. The standard InChI is InChI=1S/C20H24N2O/c1-15-7-3-4-9-19(15)20(23)21-17-10-12-18(13-11-17)22-14-6-5-8-16(22)2/h3-4,7,9-13,16H,5-6,8,14H2,1-2H3,(H,21,23)/t16-/m0/s1. The van der Waals surface area contributed by atoms with Crippen molar-refractivity contribution in [2.45, 2.75) is 39.2 Å². The topological polar surface area (TPSA) is 32.3 Å². The molecule has 1 heterocycles. The molecule has 1 amide bonds. The first kappa shape index (κ1) is 15.6. The predicted molar refractivity (Wildman–Crippen MR) is 96.2 cm³/mol. The van der Waals surface area contributed by atoms with Gasteiger partial charge in [0.15, 0.2) is 0 Å². The summed E-state index contributed by atoms with van der Waals surface area (Å²) in [5.74, 6) is -0.0535. The van der Waals surface area contributed by atoms with E-state index < -0.39 is 0 Å². The number of hydrogen-bond acceptors (Lipinski definition) is 2. The summed E-state index contributed by atoms with van der Waals surface area (Å²) >= 11 is 0. The number of hydrogen-bond donors (Lipinski definition) is 1. The van der Waals surface area contributed by atoms with Crippen molar-refractivity contribution in [1.29, 1.82) is 0 Å². The van der Waals surface area contributed by atoms with Gasteiger partial charge in [-0.15, -0.1) is 0 Å². The van der Waals surface area contributed by atoms with Gasteiger partial charge in [0, 0.05) is 29.5 Å². The lowest BCUT2D eigenvalue weighted by Gasteiger charge is -2.35. The molecule has 0 aromatic heterocycles. The lowest BCUT2D eigenvalue weighted by atomic mass is 10.0. The third-order valence-corrected chi connectivity index (χ3v) is 4.65. The van der Waals surface area contributed by atoms with Crippen LogP contribution in [0.5, 0.6) is 0 Å². The average Bonchev–Trinajstić information content (AvgIpc) is 2.56. The molecule has 0 unspecified atom stereocenters. The molecule has 0 radical (unpaired) electrons. The van der Waals surface area contributed by atoms with Gasteiger partial charge >= 0.3 is 0 Å². The van der Waals surface area contributed by atoms with Gasteiger partial charge < -0.3 is 10.2 Å². The van der Waals surface area contributed by atoms with Crippen LogP contribution in [0.3, 0.4) is 0 Å². The fourth-order valence-electron chi connectivity index (χ4n) is 3.24. The van der Waals surface area contributed by atoms with E-state index in [-0.39, 0.29) is 5.91 Å². The number of anilines is 2. The Labute approximate surface area is 138 Å². The fraction of sp³-hybridized carbons (Fsp3) is 0.350. The Morgan fingerprint density at radius 1 is 1.09 bits per heavy atom. The van der Waals surface area contributed by atoms with E-state index in [0.717, 1.165) is 23.4 Å². The van der Waals surface area contributed by atoms with E-state index in [1.807, 2.05) is 43.3 Å². The van der Waals surface area contributed by atoms with Gasteiger partial charge in [-0.2, -0.15) is 0 Å². The number of benzene rings is 2. The maximum atomic E-state index is 12.4. The molecule has 3 nitrogen and oxygen atoms in total. The van der Waals surface area contributed by atoms with Crippen molar-refractivity contribution < 1.29 is 4.79 Å². The second-order valence-corrected chi connectivity index (χ2v) is 6.35. The van der Waals surface area contributed by atoms with Gasteiger partial charge in [0.2, 0.25) is 0 Å². The van der Waals surface area contributed by atoms with Crippen LogP contribution in [0.25, 0.3) is 0 Å². The third-order valence-electron chi connectivity index (χ3n) is 4.65. The molecule has 0 spiro atoms. The number of nitrogens with zero attached hydrogens (tertiary/aromatic N) is 1. The molecule has 1 aliphatic heterocycles. The van der Waals surface area contributed by atoms with Gasteiger partial charge in [0.05, 0.1) is 0 Å². The van der Waals surface area contributed by atoms with Crippen LogP contribution < -0.4 is 10.2 Å². The molecule has 3 rings (SSSR count). The van der Waals surface area contributed by atoms with Crippen LogP contribution in [-0.4, -0.2) is 18.5 Å². The monoisotopic (exact) mass is 308 g/mol. The van der Waals surface area contributed by atoms with E-state index in [4.69, 9.17) is 0 Å². The van der Waals surface area contributed by atoms with Crippen LogP contribution in [0, 0.1) is 6.92 Å². The first-order chi connectivity index (χ1) is 11.1. The van der Waals surface area contributed by atoms with Crippen LogP contribution in [0.1, 0.15) is 42.1 Å². The van der Waals surface area contributed by atoms with Crippen LogP contribution in [0.2, 0.25) is 0 Å². The van der Waals surface area contributed by atoms with Gasteiger partial charge in [0.25, 0.3) is 5.91 Å². The first-order valence-corrected chi connectivity index (χ1v) is 8.39. The van der Waals surface area contributed by atoms with Crippen molar-refractivity contribution in [3.63, 3.8) is 0 Å². The normalized spacial score (nSPS) is 17.8. The number of carbonyl (C=O) groups excluding carboxylic acids is 1. The molecule has 120 valence electrons. The van der Waals surface area contributed by atoms with Crippen molar-refractivity contribution in [3.8, 4) is 0 Å². The van der Waals surface area contributed by atoms with Crippen molar-refractivity contribution in [2.75, 3.05) is 16.8 Å². The van der Waals surface area contributed by atoms with Gasteiger partial charge in [-0.05, 0) is 69.0 Å². The molecule has 1 N–H and O–H groups in total. The van der Waals surface area contributed by atoms with E-state index in [2.05, 4.69) is 29.3 Å². The lowest BCUT2D eigenvalue weighted by Crippen LogP contribution is -2.37. The van der Waals surface area contributed by atoms with Gasteiger partial charge in [-0.3, -0.25) is 4.79 Å². The third kappa shape index (κ3) is 3.55. The highest BCUT2D eigenvalue weighted by Crippen LogP contribution is 2.26. The number of aryl methyl sites for hydroxylation is 1. The van der Waals surface area contributed by atoms with E-state index in [1.54, 1.807) is 0 Å². The van der Waals surface area contributed by atoms with Gasteiger partial charge in [-0.25, -0.2) is 0 Å². The summed E-state index contributed by atoms with van der Waals surface area (Å²) in [6.45, 7) is 5.36. The highest BCUT2D eigenvalue weighted by atomic mass is 16.1. The Morgan fingerprint density at radius 3 is 2.52 bits per heavy atom. The fourth-order valence-corrected chi connectivity index (χ4v) is 3.24. The zero-order valence-corrected chi connectivity index (χ0v) is 13.9. The van der Waals surface area contributed by atoms with E-state index in [1.165, 1.54) is 24.9 Å². The molecule has 0 aliphatic carbocycles. The summed E-state index contributed by atoms with van der Waals surface area (Å²) in [5.41, 5.74) is 3.79. The SMILES string of the molecule is Cc1ccccc1C(=O)Nc1ccc(N2CCCC[C@@H]2C)cc1. The number of piperidine rings is 1. The molecule has 3 heteroatoms. The van der Waals surface area contributed by atoms with E-state index in [0.29, 0.717) is 6.04 Å². The number of carbonyl (C=O) groups is 1. The second-order valence-electron chi connectivity index (χ2n) is 6.35. The van der Waals surface area contributed by atoms with Crippen molar-refractivity contribution in [3.05, 3.63) is 59.7 Å². The smallest absolute Gasteiger partial charge is 0.255 e. The molecule has 1 fully saturated rings. The predicted octanol–water partition coefficient (Wildman–Crippen LogP) is 4.63. The van der Waals surface area contributed by atoms with Crippen LogP contribution >= 0.6 is 0 Å². The average molecular weight is 308 g/mol. The molecule has 1 saturated heterocycles. The van der Waals surface area contributed by atoms with E-state index in [9.17, 15) is 4.79 Å². The number of rotatable bonds is 3. The highest BCUT2D eigenvalue weighted by Gasteiger charge is 2.18. The maximum Gasteiger partial charge on any atom is 0.255 e. The number of nitrogens with one attached hydrogen (secondary N) is 1. The summed E-state index contributed by atoms with van der Waals surface area (Å²) in [7, 11) is 0. The molecule has 2 aromatic rings. The summed E-state index contributed by atoms with van der Waals surface area (Å²) in [4.78, 5) is 14.8. The molecule has 0 bridgehead atoms. The van der Waals surface area contributed by atoms with E-state index >= 15 is 0 Å². The summed E-state index contributed by atoms with van der Waals surface area (Å²) in [6.07, 6.45) is 3.84. The zero-order valence-electron chi connectivity index (χ0n) is 13.9. The molecule has 1 atom stereocenters. The molecule has 23 heavy (non-hydrogen) atoms. The minimum Gasteiger partial charge on any atom is -0.369 e. The summed E-state index contributed by atoms with van der Waals surface area (Å²) in [5, 5.41) is 2.98. The summed E-state index contributed by atoms with van der Waals surface area (Å²) < 4.78 is 0. The summed E-state index contributed by atoms with van der Waals surface area (Å²) in [6, 6.07) is 16.4.